The number of benzene rings is 3. The lowest BCUT2D eigenvalue weighted by molar-refractivity contribution is -0.118. The Hall–Kier alpha value is -4.24. The SMILES string of the molecule is CCCOc1ccc(C(=O)N/N=C/c2cc(Cl)c(OCC(=O)Nc3cccc(C)c3)c(OCC)c2)cc1OCC. The Morgan fingerprint density at radius 3 is 2.40 bits per heavy atom. The highest BCUT2D eigenvalue weighted by molar-refractivity contribution is 6.32. The smallest absolute Gasteiger partial charge is 0.271 e. The molecule has 0 spiro atoms. The quantitative estimate of drug-likeness (QED) is 0.182. The number of nitrogens with zero attached hydrogens (tertiary/aromatic N) is 1. The van der Waals surface area contributed by atoms with E-state index in [-0.39, 0.29) is 23.3 Å². The van der Waals surface area contributed by atoms with Crippen LogP contribution in [0.3, 0.4) is 0 Å². The fourth-order valence-corrected chi connectivity index (χ4v) is 3.88. The summed E-state index contributed by atoms with van der Waals surface area (Å²) in [5.74, 6) is 0.888. The highest BCUT2D eigenvalue weighted by Gasteiger charge is 2.15. The minimum absolute atomic E-state index is 0.228. The zero-order valence-electron chi connectivity index (χ0n) is 23.1. The molecular formula is C30H34ClN3O6. The van der Waals surface area contributed by atoms with Crippen LogP contribution < -0.4 is 29.7 Å². The van der Waals surface area contributed by atoms with Crippen LogP contribution in [0.4, 0.5) is 5.69 Å². The lowest BCUT2D eigenvalue weighted by Gasteiger charge is -2.14. The second kappa shape index (κ2) is 15.4. The average Bonchev–Trinajstić information content (AvgIpc) is 2.92. The average molecular weight is 568 g/mol. The molecule has 9 nitrogen and oxygen atoms in total. The van der Waals surface area contributed by atoms with Crippen molar-refractivity contribution in [2.45, 2.75) is 34.1 Å². The molecule has 2 amide bonds. The molecule has 0 saturated heterocycles. The minimum atomic E-state index is -0.421. The third-order valence-electron chi connectivity index (χ3n) is 5.33. The Bertz CT molecular complexity index is 1350. The van der Waals surface area contributed by atoms with Crippen LogP contribution in [-0.4, -0.2) is 44.5 Å². The number of carbonyl (C=O) groups is 2. The number of aryl methyl sites for hydroxylation is 1. The number of ether oxygens (including phenoxy) is 4. The van der Waals surface area contributed by atoms with Gasteiger partial charge in [-0.05, 0) is 80.8 Å². The van der Waals surface area contributed by atoms with Crippen molar-refractivity contribution in [1.29, 1.82) is 0 Å². The molecule has 0 bridgehead atoms. The Kier molecular flexibility index (Phi) is 11.6. The molecule has 212 valence electrons. The molecule has 0 aliphatic carbocycles. The van der Waals surface area contributed by atoms with E-state index >= 15 is 0 Å². The molecule has 10 heteroatoms. The third-order valence-corrected chi connectivity index (χ3v) is 5.61. The van der Waals surface area contributed by atoms with Crippen LogP contribution in [0.1, 0.15) is 48.7 Å². The largest absolute Gasteiger partial charge is 0.490 e. The van der Waals surface area contributed by atoms with Gasteiger partial charge in [-0.3, -0.25) is 9.59 Å². The highest BCUT2D eigenvalue weighted by atomic mass is 35.5. The normalized spacial score (nSPS) is 10.7. The van der Waals surface area contributed by atoms with Crippen molar-refractivity contribution in [2.24, 2.45) is 5.10 Å². The van der Waals surface area contributed by atoms with E-state index in [9.17, 15) is 9.59 Å². The summed E-state index contributed by atoms with van der Waals surface area (Å²) < 4.78 is 22.7. The first-order valence-electron chi connectivity index (χ1n) is 13.0. The first kappa shape index (κ1) is 30.3. The number of amides is 2. The molecular weight excluding hydrogens is 534 g/mol. The summed E-state index contributed by atoms with van der Waals surface area (Å²) in [6.45, 7) is 8.70. The van der Waals surface area contributed by atoms with E-state index < -0.39 is 5.91 Å². The van der Waals surface area contributed by atoms with Gasteiger partial charge in [0.05, 0.1) is 31.1 Å². The first-order valence-corrected chi connectivity index (χ1v) is 13.4. The summed E-state index contributed by atoms with van der Waals surface area (Å²) in [6.07, 6.45) is 2.29. The maximum Gasteiger partial charge on any atom is 0.271 e. The van der Waals surface area contributed by atoms with Crippen LogP contribution in [0, 0.1) is 6.92 Å². The van der Waals surface area contributed by atoms with Gasteiger partial charge < -0.3 is 24.3 Å². The van der Waals surface area contributed by atoms with Crippen molar-refractivity contribution < 1.29 is 28.5 Å². The van der Waals surface area contributed by atoms with Gasteiger partial charge in [0.2, 0.25) is 0 Å². The molecule has 3 aromatic rings. The van der Waals surface area contributed by atoms with Gasteiger partial charge in [-0.1, -0.05) is 30.7 Å². The molecule has 0 aliphatic rings. The molecule has 3 rings (SSSR count). The number of anilines is 1. The maximum absolute atomic E-state index is 12.7. The second-order valence-electron chi connectivity index (χ2n) is 8.61. The van der Waals surface area contributed by atoms with Crippen molar-refractivity contribution in [3.63, 3.8) is 0 Å². The maximum atomic E-state index is 12.7. The van der Waals surface area contributed by atoms with E-state index in [1.54, 1.807) is 36.4 Å². The van der Waals surface area contributed by atoms with Gasteiger partial charge in [-0.25, -0.2) is 5.43 Å². The number of rotatable bonds is 14. The van der Waals surface area contributed by atoms with Gasteiger partial charge in [0, 0.05) is 11.3 Å². The summed E-state index contributed by atoms with van der Waals surface area (Å²) in [7, 11) is 0. The lowest BCUT2D eigenvalue weighted by Crippen LogP contribution is -2.20. The van der Waals surface area contributed by atoms with Gasteiger partial charge in [0.25, 0.3) is 11.8 Å². The summed E-state index contributed by atoms with van der Waals surface area (Å²) in [4.78, 5) is 25.1. The van der Waals surface area contributed by atoms with Crippen LogP contribution in [0.5, 0.6) is 23.0 Å². The van der Waals surface area contributed by atoms with Crippen molar-refractivity contribution in [3.05, 3.63) is 76.3 Å². The predicted molar refractivity (Wildman–Crippen MR) is 156 cm³/mol. The Labute approximate surface area is 239 Å². The van der Waals surface area contributed by atoms with E-state index in [4.69, 9.17) is 30.5 Å². The third kappa shape index (κ3) is 8.91. The number of hydrazone groups is 1. The fraction of sp³-hybridized carbons (Fsp3) is 0.300. The summed E-state index contributed by atoms with van der Waals surface area (Å²) >= 11 is 6.46. The van der Waals surface area contributed by atoms with Crippen molar-refractivity contribution in [2.75, 3.05) is 31.7 Å². The van der Waals surface area contributed by atoms with Gasteiger partial charge in [0.15, 0.2) is 29.6 Å². The van der Waals surface area contributed by atoms with Crippen molar-refractivity contribution in [1.82, 2.24) is 5.43 Å². The highest BCUT2D eigenvalue weighted by Crippen LogP contribution is 2.36. The Balaban J connectivity index is 1.66. The zero-order valence-corrected chi connectivity index (χ0v) is 23.8. The van der Waals surface area contributed by atoms with Gasteiger partial charge in [0.1, 0.15) is 0 Å². The number of hydrogen-bond acceptors (Lipinski definition) is 7. The standard InChI is InChI=1S/C30H34ClN3O6/c1-5-13-39-25-12-11-22(17-26(25)37-6-2)30(36)34-32-18-21-15-24(31)29(27(16-21)38-7-3)40-19-28(35)33-23-10-8-9-20(4)14-23/h8-12,14-18H,5-7,13,19H2,1-4H3,(H,33,35)(H,34,36)/b32-18+. The molecule has 0 saturated carbocycles. The van der Waals surface area contributed by atoms with E-state index in [1.165, 1.54) is 6.21 Å². The van der Waals surface area contributed by atoms with Crippen molar-refractivity contribution in [3.8, 4) is 23.0 Å². The number of halogens is 1. The van der Waals surface area contributed by atoms with E-state index in [1.807, 2.05) is 45.9 Å². The van der Waals surface area contributed by atoms with E-state index in [0.29, 0.717) is 53.9 Å². The van der Waals surface area contributed by atoms with Gasteiger partial charge in [-0.2, -0.15) is 5.10 Å². The van der Waals surface area contributed by atoms with Crippen LogP contribution in [0.25, 0.3) is 0 Å². The monoisotopic (exact) mass is 567 g/mol. The summed E-state index contributed by atoms with van der Waals surface area (Å²) in [6, 6.07) is 15.7. The molecule has 3 aromatic carbocycles. The molecule has 0 heterocycles. The minimum Gasteiger partial charge on any atom is -0.490 e. The Morgan fingerprint density at radius 2 is 1.68 bits per heavy atom. The Morgan fingerprint density at radius 1 is 0.900 bits per heavy atom. The molecule has 2 N–H and O–H groups in total. The van der Waals surface area contributed by atoms with Crippen LogP contribution in [0.15, 0.2) is 59.7 Å². The molecule has 0 radical (unpaired) electrons. The zero-order chi connectivity index (χ0) is 28.9. The molecule has 40 heavy (non-hydrogen) atoms. The van der Waals surface area contributed by atoms with Crippen LogP contribution in [0.2, 0.25) is 5.02 Å². The number of hydrogen-bond donors (Lipinski definition) is 2. The van der Waals surface area contributed by atoms with Crippen LogP contribution in [-0.2, 0) is 4.79 Å². The molecule has 0 atom stereocenters. The first-order chi connectivity index (χ1) is 19.3. The molecule has 0 aromatic heterocycles. The van der Waals surface area contributed by atoms with Gasteiger partial charge in [-0.15, -0.1) is 0 Å². The number of carbonyl (C=O) groups excluding carboxylic acids is 2. The van der Waals surface area contributed by atoms with Crippen molar-refractivity contribution >= 4 is 35.3 Å². The van der Waals surface area contributed by atoms with Crippen LogP contribution >= 0.6 is 11.6 Å². The lowest BCUT2D eigenvalue weighted by atomic mass is 10.2. The van der Waals surface area contributed by atoms with Gasteiger partial charge >= 0.3 is 0 Å². The fourth-order valence-electron chi connectivity index (χ4n) is 3.60. The van der Waals surface area contributed by atoms with E-state index in [0.717, 1.165) is 12.0 Å². The number of nitrogens with one attached hydrogen (secondary N) is 2. The molecule has 0 fully saturated rings. The summed E-state index contributed by atoms with van der Waals surface area (Å²) in [5, 5.41) is 7.06. The second-order valence-corrected chi connectivity index (χ2v) is 9.02. The topological polar surface area (TPSA) is 107 Å². The molecule has 0 aliphatic heterocycles. The van der Waals surface area contributed by atoms with E-state index in [2.05, 4.69) is 15.8 Å². The summed E-state index contributed by atoms with van der Waals surface area (Å²) in [5.41, 5.74) is 5.12. The molecule has 0 unspecified atom stereocenters. The predicted octanol–water partition coefficient (Wildman–Crippen LogP) is 6.02.